The van der Waals surface area contributed by atoms with Crippen molar-refractivity contribution in [2.24, 2.45) is 4.40 Å². The van der Waals surface area contributed by atoms with Crippen LogP contribution in [0.2, 0.25) is 0 Å². The zero-order valence-electron chi connectivity index (χ0n) is 13.3. The fraction of sp³-hybridized carbons (Fsp3) is 0.133. The van der Waals surface area contributed by atoms with Crippen LogP contribution >= 0.6 is 0 Å². The van der Waals surface area contributed by atoms with Gasteiger partial charge in [0, 0.05) is 12.7 Å². The highest BCUT2D eigenvalue weighted by molar-refractivity contribution is 7.90. The van der Waals surface area contributed by atoms with Crippen molar-refractivity contribution >= 4 is 27.5 Å². The first-order chi connectivity index (χ1) is 12.5. The molecule has 2 aromatic rings. The zero-order chi connectivity index (χ0) is 18.1. The third-order valence-electron chi connectivity index (χ3n) is 3.75. The Hall–Kier alpha value is -3.34. The lowest BCUT2D eigenvalue weighted by molar-refractivity contribution is -0.112. The highest BCUT2D eigenvalue weighted by Gasteiger charge is 2.25. The van der Waals surface area contributed by atoms with Crippen LogP contribution in [0.25, 0.3) is 5.82 Å². The number of nitrogens with one attached hydrogen (secondary N) is 1. The Morgan fingerprint density at radius 3 is 2.85 bits per heavy atom. The Morgan fingerprint density at radius 2 is 2.12 bits per heavy atom. The van der Waals surface area contributed by atoms with Crippen LogP contribution in [-0.2, 0) is 14.8 Å². The molecule has 0 fully saturated rings. The molecule has 1 amide bonds. The second-order valence-corrected chi connectivity index (χ2v) is 7.30. The molecule has 0 aliphatic carbocycles. The number of amidine groups is 1. The standard InChI is InChI=1S/C15H13N7O3S/c23-15(11-1-3-14-20-26(24,25)6-5-21(14)8-11)19-12-2-4-13(17-7-12)22-10-16-9-18-22/h1-4,7-10H,5-6H2,(H,19,23). The van der Waals surface area contributed by atoms with Crippen molar-refractivity contribution in [3.63, 3.8) is 0 Å². The Kier molecular flexibility index (Phi) is 3.84. The fourth-order valence-corrected chi connectivity index (χ4v) is 3.43. The van der Waals surface area contributed by atoms with E-state index in [0.29, 0.717) is 22.9 Å². The molecule has 11 heteroatoms. The molecule has 0 saturated heterocycles. The average Bonchev–Trinajstić information content (AvgIpc) is 3.16. The van der Waals surface area contributed by atoms with Crippen LogP contribution in [0.4, 0.5) is 5.69 Å². The van der Waals surface area contributed by atoms with Crippen molar-refractivity contribution in [2.45, 2.75) is 0 Å². The number of rotatable bonds is 3. The summed E-state index contributed by atoms with van der Waals surface area (Å²) in [6.07, 6.45) is 9.07. The second-order valence-electron chi connectivity index (χ2n) is 5.55. The number of fused-ring (bicyclic) bond motifs is 1. The van der Waals surface area contributed by atoms with Gasteiger partial charge < -0.3 is 10.2 Å². The molecule has 4 heterocycles. The van der Waals surface area contributed by atoms with E-state index in [2.05, 4.69) is 24.8 Å². The van der Waals surface area contributed by atoms with Gasteiger partial charge in [0.2, 0.25) is 0 Å². The Labute approximate surface area is 148 Å². The summed E-state index contributed by atoms with van der Waals surface area (Å²) in [5, 5.41) is 6.72. The maximum absolute atomic E-state index is 12.4. The summed E-state index contributed by atoms with van der Waals surface area (Å²) >= 11 is 0. The summed E-state index contributed by atoms with van der Waals surface area (Å²) in [4.78, 5) is 22.1. The van der Waals surface area contributed by atoms with E-state index < -0.39 is 10.0 Å². The first kappa shape index (κ1) is 16.1. The van der Waals surface area contributed by atoms with Crippen molar-refractivity contribution in [2.75, 3.05) is 17.6 Å². The molecule has 2 aliphatic rings. The molecule has 2 aromatic heterocycles. The number of aromatic nitrogens is 4. The van der Waals surface area contributed by atoms with E-state index in [4.69, 9.17) is 0 Å². The summed E-state index contributed by atoms with van der Waals surface area (Å²) < 4.78 is 28.2. The minimum absolute atomic E-state index is 0.0800. The first-order valence-corrected chi connectivity index (χ1v) is 9.23. The van der Waals surface area contributed by atoms with Crippen molar-refractivity contribution in [3.8, 4) is 5.82 Å². The number of pyridine rings is 1. The summed E-state index contributed by atoms with van der Waals surface area (Å²) in [5.41, 5.74) is 0.914. The molecule has 0 unspecified atom stereocenters. The molecule has 0 atom stereocenters. The van der Waals surface area contributed by atoms with Crippen molar-refractivity contribution in [3.05, 3.63) is 54.9 Å². The van der Waals surface area contributed by atoms with Crippen LogP contribution in [0, 0.1) is 0 Å². The summed E-state index contributed by atoms with van der Waals surface area (Å²) in [6, 6.07) is 3.41. The summed E-state index contributed by atoms with van der Waals surface area (Å²) in [5.74, 6) is 0.479. The lowest BCUT2D eigenvalue weighted by atomic mass is 10.1. The molecule has 4 rings (SSSR count). The maximum Gasteiger partial charge on any atom is 0.257 e. The second kappa shape index (κ2) is 6.19. The van der Waals surface area contributed by atoms with Crippen molar-refractivity contribution in [1.29, 1.82) is 0 Å². The lowest BCUT2D eigenvalue weighted by Crippen LogP contribution is -2.37. The predicted octanol–water partition coefficient (Wildman–Crippen LogP) is 0.0984. The minimum atomic E-state index is -3.42. The van der Waals surface area contributed by atoms with E-state index in [-0.39, 0.29) is 18.2 Å². The van der Waals surface area contributed by atoms with Crippen molar-refractivity contribution < 1.29 is 13.2 Å². The summed E-state index contributed by atoms with van der Waals surface area (Å²) in [7, 11) is -3.42. The van der Waals surface area contributed by atoms with E-state index >= 15 is 0 Å². The van der Waals surface area contributed by atoms with Gasteiger partial charge in [0.1, 0.15) is 18.5 Å². The highest BCUT2D eigenvalue weighted by atomic mass is 32.2. The molecule has 0 aromatic carbocycles. The van der Waals surface area contributed by atoms with Gasteiger partial charge in [-0.15, -0.1) is 4.40 Å². The first-order valence-electron chi connectivity index (χ1n) is 7.62. The molecule has 10 nitrogen and oxygen atoms in total. The van der Waals surface area contributed by atoms with Crippen LogP contribution in [-0.4, -0.2) is 57.1 Å². The molecule has 0 radical (unpaired) electrons. The van der Waals surface area contributed by atoms with Crippen LogP contribution in [0.1, 0.15) is 0 Å². The average molecular weight is 371 g/mol. The number of anilines is 1. The number of carbonyl (C=O) groups excluding carboxylic acids is 1. The molecular formula is C15H13N7O3S. The maximum atomic E-state index is 12.4. The van der Waals surface area contributed by atoms with Gasteiger partial charge in [-0.2, -0.15) is 5.10 Å². The van der Waals surface area contributed by atoms with Gasteiger partial charge in [0.15, 0.2) is 5.82 Å². The van der Waals surface area contributed by atoms with Crippen molar-refractivity contribution in [1.82, 2.24) is 24.6 Å². The number of amides is 1. The molecule has 0 spiro atoms. The quantitative estimate of drug-likeness (QED) is 0.812. The Bertz CT molecular complexity index is 1040. The highest BCUT2D eigenvalue weighted by Crippen LogP contribution is 2.17. The largest absolute Gasteiger partial charge is 0.330 e. The van der Waals surface area contributed by atoms with E-state index in [0.717, 1.165) is 0 Å². The smallest absolute Gasteiger partial charge is 0.257 e. The van der Waals surface area contributed by atoms with Crippen LogP contribution in [0.15, 0.2) is 59.3 Å². The van der Waals surface area contributed by atoms with Gasteiger partial charge in [-0.1, -0.05) is 0 Å². The summed E-state index contributed by atoms with van der Waals surface area (Å²) in [6.45, 7) is 0.260. The van der Waals surface area contributed by atoms with E-state index in [1.54, 1.807) is 23.2 Å². The third-order valence-corrected chi connectivity index (χ3v) is 4.91. The minimum Gasteiger partial charge on any atom is -0.330 e. The van der Waals surface area contributed by atoms with Crippen LogP contribution in [0.5, 0.6) is 0 Å². The predicted molar refractivity (Wildman–Crippen MR) is 92.9 cm³/mol. The molecule has 26 heavy (non-hydrogen) atoms. The van der Waals surface area contributed by atoms with Gasteiger partial charge in [-0.25, -0.2) is 23.1 Å². The molecule has 132 valence electrons. The molecule has 2 aliphatic heterocycles. The lowest BCUT2D eigenvalue weighted by Gasteiger charge is -2.26. The van der Waals surface area contributed by atoms with Gasteiger partial charge >= 0.3 is 0 Å². The monoisotopic (exact) mass is 371 g/mol. The van der Waals surface area contributed by atoms with Crippen LogP contribution < -0.4 is 5.32 Å². The number of carbonyl (C=O) groups is 1. The third kappa shape index (κ3) is 3.24. The van der Waals surface area contributed by atoms with Gasteiger partial charge in [0.25, 0.3) is 15.9 Å². The number of hydrogen-bond donors (Lipinski definition) is 1. The topological polar surface area (TPSA) is 122 Å². The normalized spacial score (nSPS) is 17.9. The van der Waals surface area contributed by atoms with E-state index in [1.165, 1.54) is 35.7 Å². The number of hydrogen-bond acceptors (Lipinski definition) is 7. The van der Waals surface area contributed by atoms with Gasteiger partial charge in [-0.3, -0.25) is 4.79 Å². The fourth-order valence-electron chi connectivity index (χ4n) is 2.46. The Balaban J connectivity index is 1.47. The Morgan fingerprint density at radius 1 is 1.23 bits per heavy atom. The van der Waals surface area contributed by atoms with E-state index in [1.807, 2.05) is 0 Å². The van der Waals surface area contributed by atoms with Gasteiger partial charge in [0.05, 0.1) is 23.2 Å². The number of nitrogens with zero attached hydrogens (tertiary/aromatic N) is 6. The van der Waals surface area contributed by atoms with E-state index in [9.17, 15) is 13.2 Å². The molecule has 1 N–H and O–H groups in total. The van der Waals surface area contributed by atoms with Gasteiger partial charge in [-0.05, 0) is 24.3 Å². The molecular weight excluding hydrogens is 358 g/mol. The number of sulfonamides is 1. The van der Waals surface area contributed by atoms with Crippen LogP contribution in [0.3, 0.4) is 0 Å². The molecule has 0 bridgehead atoms. The zero-order valence-corrected chi connectivity index (χ0v) is 14.2. The SMILES string of the molecule is O=C(Nc1ccc(-n2cncn2)nc1)C1=CN2CCS(=O)(=O)N=C2C=C1. The molecule has 0 saturated carbocycles.